The number of anilines is 2. The van der Waals surface area contributed by atoms with Gasteiger partial charge in [0.05, 0.1) is 23.5 Å². The normalized spacial score (nSPS) is 10.6. The van der Waals surface area contributed by atoms with E-state index in [1.54, 1.807) is 6.20 Å². The van der Waals surface area contributed by atoms with Gasteiger partial charge in [-0.05, 0) is 24.6 Å². The van der Waals surface area contributed by atoms with Crippen molar-refractivity contribution in [2.24, 2.45) is 0 Å². The van der Waals surface area contributed by atoms with Crippen molar-refractivity contribution in [3.63, 3.8) is 0 Å². The quantitative estimate of drug-likeness (QED) is 0.832. The minimum Gasteiger partial charge on any atom is -0.444 e. The molecule has 1 heterocycles. The van der Waals surface area contributed by atoms with Crippen molar-refractivity contribution in [3.8, 4) is 0 Å². The largest absolute Gasteiger partial charge is 0.444 e. The minimum absolute atomic E-state index is 0.529. The van der Waals surface area contributed by atoms with Crippen LogP contribution in [0.2, 0.25) is 5.02 Å². The lowest BCUT2D eigenvalue weighted by molar-refractivity contribution is 0.466. The summed E-state index contributed by atoms with van der Waals surface area (Å²) < 4.78 is 5.52. The molecule has 2 aromatic rings. The zero-order valence-electron chi connectivity index (χ0n) is 10.5. The number of benzene rings is 1. The summed E-state index contributed by atoms with van der Waals surface area (Å²) in [6.07, 6.45) is 2.60. The molecular weight excluding hydrogens is 250 g/mol. The van der Waals surface area contributed by atoms with Crippen molar-refractivity contribution in [3.05, 3.63) is 40.6 Å². The number of aromatic nitrogens is 1. The highest BCUT2D eigenvalue weighted by Crippen LogP contribution is 2.26. The van der Waals surface area contributed by atoms with Crippen LogP contribution in [0.25, 0.3) is 0 Å². The number of rotatable bonds is 4. The monoisotopic (exact) mass is 265 g/mol. The molecule has 5 heteroatoms. The molecule has 96 valence electrons. The predicted octanol–water partition coefficient (Wildman–Crippen LogP) is 3.39. The van der Waals surface area contributed by atoms with Crippen LogP contribution < -0.4 is 11.1 Å². The molecule has 0 amide bonds. The molecule has 0 aliphatic rings. The molecule has 4 nitrogen and oxygen atoms in total. The van der Waals surface area contributed by atoms with E-state index >= 15 is 0 Å². The van der Waals surface area contributed by atoms with Crippen LogP contribution in [0.4, 0.5) is 11.4 Å². The summed E-state index contributed by atoms with van der Waals surface area (Å²) in [5, 5.41) is 3.78. The maximum absolute atomic E-state index is 5.99. The van der Waals surface area contributed by atoms with Gasteiger partial charge in [-0.2, -0.15) is 0 Å². The van der Waals surface area contributed by atoms with Crippen molar-refractivity contribution >= 4 is 23.0 Å². The molecule has 3 N–H and O–H groups in total. The van der Waals surface area contributed by atoms with Gasteiger partial charge in [-0.1, -0.05) is 18.5 Å². The Hall–Kier alpha value is -1.68. The van der Waals surface area contributed by atoms with Crippen molar-refractivity contribution in [1.82, 2.24) is 4.98 Å². The molecule has 2 rings (SSSR count). The van der Waals surface area contributed by atoms with Gasteiger partial charge in [0.2, 0.25) is 5.89 Å². The Morgan fingerprint density at radius 3 is 2.89 bits per heavy atom. The molecule has 18 heavy (non-hydrogen) atoms. The summed E-state index contributed by atoms with van der Waals surface area (Å²) in [4.78, 5) is 4.18. The number of aryl methyl sites for hydroxylation is 2. The highest BCUT2D eigenvalue weighted by Gasteiger charge is 2.06. The van der Waals surface area contributed by atoms with Gasteiger partial charge in [-0.3, -0.25) is 0 Å². The van der Waals surface area contributed by atoms with E-state index in [0.717, 1.165) is 23.4 Å². The zero-order valence-corrected chi connectivity index (χ0v) is 11.2. The Balaban J connectivity index is 2.08. The highest BCUT2D eigenvalue weighted by molar-refractivity contribution is 6.33. The summed E-state index contributed by atoms with van der Waals surface area (Å²) in [6, 6.07) is 3.66. The van der Waals surface area contributed by atoms with Crippen LogP contribution in [0.1, 0.15) is 24.1 Å². The third-order valence-electron chi connectivity index (χ3n) is 2.72. The first kappa shape index (κ1) is 12.8. The summed E-state index contributed by atoms with van der Waals surface area (Å²) in [5.74, 6) is 1.55. The van der Waals surface area contributed by atoms with Gasteiger partial charge >= 0.3 is 0 Å². The first-order valence-electron chi connectivity index (χ1n) is 5.83. The summed E-state index contributed by atoms with van der Waals surface area (Å²) in [7, 11) is 0. The summed E-state index contributed by atoms with van der Waals surface area (Å²) >= 11 is 5.99. The Morgan fingerprint density at radius 1 is 1.44 bits per heavy atom. The van der Waals surface area contributed by atoms with E-state index in [0.29, 0.717) is 23.1 Å². The number of halogens is 1. The van der Waals surface area contributed by atoms with E-state index in [1.165, 1.54) is 0 Å². The number of hydrogen-bond acceptors (Lipinski definition) is 4. The van der Waals surface area contributed by atoms with E-state index < -0.39 is 0 Å². The second kappa shape index (κ2) is 5.31. The fourth-order valence-corrected chi connectivity index (χ4v) is 1.82. The van der Waals surface area contributed by atoms with E-state index in [9.17, 15) is 0 Å². The molecule has 1 aromatic carbocycles. The van der Waals surface area contributed by atoms with Gasteiger partial charge in [-0.25, -0.2) is 4.98 Å². The molecule has 0 bridgehead atoms. The van der Waals surface area contributed by atoms with Crippen molar-refractivity contribution in [2.45, 2.75) is 26.8 Å². The second-order valence-electron chi connectivity index (χ2n) is 4.12. The van der Waals surface area contributed by atoms with Gasteiger partial charge in [0.25, 0.3) is 0 Å². The van der Waals surface area contributed by atoms with Crippen LogP contribution in [0.5, 0.6) is 0 Å². The first-order chi connectivity index (χ1) is 8.60. The van der Waals surface area contributed by atoms with Gasteiger partial charge in [0.1, 0.15) is 5.76 Å². The minimum atomic E-state index is 0.529. The number of hydrogen-bond donors (Lipinski definition) is 2. The lowest BCUT2D eigenvalue weighted by Gasteiger charge is -2.09. The average molecular weight is 266 g/mol. The van der Waals surface area contributed by atoms with Crippen LogP contribution >= 0.6 is 11.6 Å². The smallest absolute Gasteiger partial charge is 0.213 e. The van der Waals surface area contributed by atoms with Gasteiger partial charge in [0.15, 0.2) is 0 Å². The Bertz CT molecular complexity index is 551. The number of nitrogens with zero attached hydrogens (tertiary/aromatic N) is 1. The van der Waals surface area contributed by atoms with Crippen LogP contribution in [0.3, 0.4) is 0 Å². The molecule has 0 spiro atoms. The van der Waals surface area contributed by atoms with Gasteiger partial charge in [-0.15, -0.1) is 0 Å². The molecule has 0 unspecified atom stereocenters. The fraction of sp³-hybridized carbons (Fsp3) is 0.308. The Labute approximate surface area is 111 Å². The molecule has 0 saturated carbocycles. The molecule has 0 saturated heterocycles. The summed E-state index contributed by atoms with van der Waals surface area (Å²) in [5.41, 5.74) is 8.29. The molecule has 0 radical (unpaired) electrons. The molecule has 0 atom stereocenters. The maximum atomic E-state index is 5.99. The number of nitrogens with two attached hydrogens (primary N) is 1. The molecular formula is C13H16ClN3O. The molecule has 1 aromatic heterocycles. The topological polar surface area (TPSA) is 64.1 Å². The van der Waals surface area contributed by atoms with Crippen molar-refractivity contribution in [1.29, 1.82) is 0 Å². The first-order valence-corrected chi connectivity index (χ1v) is 6.21. The Morgan fingerprint density at radius 2 is 2.22 bits per heavy atom. The van der Waals surface area contributed by atoms with E-state index in [-0.39, 0.29) is 0 Å². The van der Waals surface area contributed by atoms with Crippen LogP contribution in [0, 0.1) is 6.92 Å². The third kappa shape index (κ3) is 2.76. The molecule has 0 fully saturated rings. The third-order valence-corrected chi connectivity index (χ3v) is 3.05. The Kier molecular flexibility index (Phi) is 3.77. The molecule has 0 aliphatic carbocycles. The van der Waals surface area contributed by atoms with E-state index in [1.807, 2.05) is 26.0 Å². The molecule has 0 aliphatic heterocycles. The van der Waals surface area contributed by atoms with Crippen LogP contribution in [-0.4, -0.2) is 4.98 Å². The van der Waals surface area contributed by atoms with E-state index in [2.05, 4.69) is 10.3 Å². The SMILES string of the molecule is CCc1cnc(CNc2cc(Cl)c(N)cc2C)o1. The summed E-state index contributed by atoms with van der Waals surface area (Å²) in [6.45, 7) is 4.53. The van der Waals surface area contributed by atoms with Crippen LogP contribution in [0.15, 0.2) is 22.7 Å². The standard InChI is InChI=1S/C13H16ClN3O/c1-3-9-6-17-13(18-9)7-16-12-5-10(14)11(15)4-8(12)2/h4-6,16H,3,7,15H2,1-2H3. The van der Waals surface area contributed by atoms with Gasteiger partial charge in [0, 0.05) is 12.1 Å². The lowest BCUT2D eigenvalue weighted by atomic mass is 10.2. The number of oxazole rings is 1. The second-order valence-corrected chi connectivity index (χ2v) is 4.52. The van der Waals surface area contributed by atoms with Crippen molar-refractivity contribution < 1.29 is 4.42 Å². The zero-order chi connectivity index (χ0) is 13.1. The van der Waals surface area contributed by atoms with Gasteiger partial charge < -0.3 is 15.5 Å². The predicted molar refractivity (Wildman–Crippen MR) is 73.8 cm³/mol. The van der Waals surface area contributed by atoms with Crippen molar-refractivity contribution in [2.75, 3.05) is 11.1 Å². The van der Waals surface area contributed by atoms with Crippen LogP contribution in [-0.2, 0) is 13.0 Å². The fourth-order valence-electron chi connectivity index (χ4n) is 1.66. The number of nitrogens with one attached hydrogen (secondary N) is 1. The highest BCUT2D eigenvalue weighted by atomic mass is 35.5. The average Bonchev–Trinajstić information content (AvgIpc) is 2.80. The lowest BCUT2D eigenvalue weighted by Crippen LogP contribution is -2.02. The number of nitrogen functional groups attached to an aromatic ring is 1. The van der Waals surface area contributed by atoms with E-state index in [4.69, 9.17) is 21.8 Å². The maximum Gasteiger partial charge on any atom is 0.213 e.